The Labute approximate surface area is 147 Å². The number of aromatic nitrogens is 3. The van der Waals surface area contributed by atoms with Crippen molar-refractivity contribution in [2.75, 3.05) is 0 Å². The zero-order valence-corrected chi connectivity index (χ0v) is 14.4. The SMILES string of the molecule is Cc1nnc2n1C[C@@H](NCc1cccc(Oc3ccccc3)c1)CC2. The van der Waals surface area contributed by atoms with E-state index in [1.54, 1.807) is 0 Å². The number of aryl methyl sites for hydroxylation is 2. The number of hydrogen-bond donors (Lipinski definition) is 1. The molecule has 4 rings (SSSR count). The predicted octanol–water partition coefficient (Wildman–Crippen LogP) is 3.48. The number of fused-ring (bicyclic) bond motifs is 1. The molecule has 0 amide bonds. The van der Waals surface area contributed by atoms with Crippen LogP contribution in [0.25, 0.3) is 0 Å². The molecule has 25 heavy (non-hydrogen) atoms. The highest BCUT2D eigenvalue weighted by Gasteiger charge is 2.20. The minimum absolute atomic E-state index is 0.445. The number of benzene rings is 2. The van der Waals surface area contributed by atoms with E-state index in [0.717, 1.165) is 49.1 Å². The minimum Gasteiger partial charge on any atom is -0.457 e. The monoisotopic (exact) mass is 334 g/mol. The fourth-order valence-electron chi connectivity index (χ4n) is 3.23. The summed E-state index contributed by atoms with van der Waals surface area (Å²) in [5.74, 6) is 3.83. The maximum Gasteiger partial charge on any atom is 0.133 e. The first-order chi connectivity index (χ1) is 12.3. The summed E-state index contributed by atoms with van der Waals surface area (Å²) in [4.78, 5) is 0. The number of nitrogens with zero attached hydrogens (tertiary/aromatic N) is 3. The van der Waals surface area contributed by atoms with Gasteiger partial charge in [0.25, 0.3) is 0 Å². The van der Waals surface area contributed by atoms with E-state index in [1.807, 2.05) is 49.4 Å². The van der Waals surface area contributed by atoms with Crippen LogP contribution in [0.3, 0.4) is 0 Å². The normalized spacial score (nSPS) is 16.4. The lowest BCUT2D eigenvalue weighted by molar-refractivity contribution is 0.375. The van der Waals surface area contributed by atoms with Crippen LogP contribution in [0.1, 0.15) is 23.6 Å². The molecule has 0 fully saturated rings. The van der Waals surface area contributed by atoms with Gasteiger partial charge in [0.05, 0.1) is 0 Å². The van der Waals surface area contributed by atoms with Crippen LogP contribution >= 0.6 is 0 Å². The second kappa shape index (κ2) is 7.07. The van der Waals surface area contributed by atoms with Gasteiger partial charge in [-0.05, 0) is 43.2 Å². The standard InChI is InChI=1S/C20H22N4O/c1-15-22-23-20-11-10-17(14-24(15)20)21-13-16-6-5-9-19(12-16)25-18-7-3-2-4-8-18/h2-9,12,17,21H,10-11,13-14H2,1H3/t17-/m0/s1. The van der Waals surface area contributed by atoms with Gasteiger partial charge in [0.15, 0.2) is 0 Å². The topological polar surface area (TPSA) is 52.0 Å². The van der Waals surface area contributed by atoms with E-state index in [0.29, 0.717) is 6.04 Å². The van der Waals surface area contributed by atoms with Crippen LogP contribution in [-0.4, -0.2) is 20.8 Å². The lowest BCUT2D eigenvalue weighted by atomic mass is 10.1. The molecular formula is C20H22N4O. The van der Waals surface area contributed by atoms with Gasteiger partial charge in [-0.25, -0.2) is 0 Å². The van der Waals surface area contributed by atoms with Crippen molar-refractivity contribution in [1.82, 2.24) is 20.1 Å². The van der Waals surface area contributed by atoms with Gasteiger partial charge < -0.3 is 14.6 Å². The first-order valence-electron chi connectivity index (χ1n) is 8.72. The molecule has 2 heterocycles. The Morgan fingerprint density at radius 1 is 1.08 bits per heavy atom. The van der Waals surface area contributed by atoms with Crippen molar-refractivity contribution in [3.8, 4) is 11.5 Å². The van der Waals surface area contributed by atoms with Gasteiger partial charge in [0, 0.05) is 25.6 Å². The number of rotatable bonds is 5. The van der Waals surface area contributed by atoms with Crippen molar-refractivity contribution < 1.29 is 4.74 Å². The Morgan fingerprint density at radius 2 is 1.92 bits per heavy atom. The summed E-state index contributed by atoms with van der Waals surface area (Å²) in [6, 6.07) is 18.6. The second-order valence-corrected chi connectivity index (χ2v) is 6.45. The van der Waals surface area contributed by atoms with Crippen LogP contribution in [-0.2, 0) is 19.5 Å². The third-order valence-corrected chi connectivity index (χ3v) is 4.60. The third kappa shape index (κ3) is 3.72. The summed E-state index contributed by atoms with van der Waals surface area (Å²) >= 11 is 0. The summed E-state index contributed by atoms with van der Waals surface area (Å²) in [5.41, 5.74) is 1.22. The van der Waals surface area contributed by atoms with Gasteiger partial charge in [-0.1, -0.05) is 30.3 Å². The van der Waals surface area contributed by atoms with Crippen LogP contribution in [0, 0.1) is 6.92 Å². The molecule has 0 aliphatic carbocycles. The molecule has 0 spiro atoms. The van der Waals surface area contributed by atoms with Crippen LogP contribution < -0.4 is 10.1 Å². The predicted molar refractivity (Wildman–Crippen MR) is 96.7 cm³/mol. The zero-order valence-electron chi connectivity index (χ0n) is 14.4. The Bertz CT molecular complexity index is 844. The Kier molecular flexibility index (Phi) is 4.48. The molecule has 0 bridgehead atoms. The highest BCUT2D eigenvalue weighted by atomic mass is 16.5. The maximum atomic E-state index is 5.91. The molecule has 3 aromatic rings. The average molecular weight is 334 g/mol. The molecule has 0 saturated carbocycles. The molecule has 5 heteroatoms. The number of nitrogens with one attached hydrogen (secondary N) is 1. The van der Waals surface area contributed by atoms with Gasteiger partial charge in [0.2, 0.25) is 0 Å². The molecule has 1 N–H and O–H groups in total. The summed E-state index contributed by atoms with van der Waals surface area (Å²) in [6.45, 7) is 3.78. The summed E-state index contributed by atoms with van der Waals surface area (Å²) in [5, 5.41) is 12.1. The fourth-order valence-corrected chi connectivity index (χ4v) is 3.23. The lowest BCUT2D eigenvalue weighted by Gasteiger charge is -2.25. The molecule has 1 aliphatic rings. The Hall–Kier alpha value is -2.66. The van der Waals surface area contributed by atoms with Crippen LogP contribution in [0.2, 0.25) is 0 Å². The fraction of sp³-hybridized carbons (Fsp3) is 0.300. The summed E-state index contributed by atoms with van der Waals surface area (Å²) < 4.78 is 8.13. The largest absolute Gasteiger partial charge is 0.457 e. The van der Waals surface area contributed by atoms with Crippen molar-refractivity contribution >= 4 is 0 Å². The molecule has 1 aromatic heterocycles. The molecule has 5 nitrogen and oxygen atoms in total. The molecule has 1 aliphatic heterocycles. The number of ether oxygens (including phenoxy) is 1. The van der Waals surface area contributed by atoms with E-state index in [2.05, 4.69) is 32.2 Å². The van der Waals surface area contributed by atoms with E-state index in [9.17, 15) is 0 Å². The van der Waals surface area contributed by atoms with Crippen molar-refractivity contribution in [3.63, 3.8) is 0 Å². The van der Waals surface area contributed by atoms with Crippen LogP contribution in [0.15, 0.2) is 54.6 Å². The highest BCUT2D eigenvalue weighted by molar-refractivity contribution is 5.33. The van der Waals surface area contributed by atoms with E-state index >= 15 is 0 Å². The first kappa shape index (κ1) is 15.8. The molecule has 0 unspecified atom stereocenters. The summed E-state index contributed by atoms with van der Waals surface area (Å²) in [7, 11) is 0. The number of para-hydroxylation sites is 1. The molecule has 0 radical (unpaired) electrons. The molecule has 0 saturated heterocycles. The van der Waals surface area contributed by atoms with Crippen LogP contribution in [0.4, 0.5) is 0 Å². The van der Waals surface area contributed by atoms with E-state index in [4.69, 9.17) is 4.74 Å². The maximum absolute atomic E-state index is 5.91. The smallest absolute Gasteiger partial charge is 0.133 e. The van der Waals surface area contributed by atoms with E-state index in [1.165, 1.54) is 5.56 Å². The first-order valence-corrected chi connectivity index (χ1v) is 8.72. The van der Waals surface area contributed by atoms with Crippen molar-refractivity contribution in [2.24, 2.45) is 0 Å². The zero-order chi connectivity index (χ0) is 17.1. The Morgan fingerprint density at radius 3 is 2.80 bits per heavy atom. The Balaban J connectivity index is 1.37. The van der Waals surface area contributed by atoms with Crippen LogP contribution in [0.5, 0.6) is 11.5 Å². The molecule has 2 aromatic carbocycles. The van der Waals surface area contributed by atoms with Gasteiger partial charge in [0.1, 0.15) is 23.1 Å². The highest BCUT2D eigenvalue weighted by Crippen LogP contribution is 2.22. The molecule has 128 valence electrons. The molecular weight excluding hydrogens is 312 g/mol. The van der Waals surface area contributed by atoms with Gasteiger partial charge >= 0.3 is 0 Å². The quantitative estimate of drug-likeness (QED) is 0.776. The van der Waals surface area contributed by atoms with Gasteiger partial charge in [-0.15, -0.1) is 10.2 Å². The second-order valence-electron chi connectivity index (χ2n) is 6.45. The van der Waals surface area contributed by atoms with Gasteiger partial charge in [-0.3, -0.25) is 0 Å². The van der Waals surface area contributed by atoms with Gasteiger partial charge in [-0.2, -0.15) is 0 Å². The lowest BCUT2D eigenvalue weighted by Crippen LogP contribution is -2.37. The van der Waals surface area contributed by atoms with E-state index < -0.39 is 0 Å². The number of hydrogen-bond acceptors (Lipinski definition) is 4. The third-order valence-electron chi connectivity index (χ3n) is 4.60. The van der Waals surface area contributed by atoms with Crippen molar-refractivity contribution in [3.05, 3.63) is 71.8 Å². The van der Waals surface area contributed by atoms with E-state index in [-0.39, 0.29) is 0 Å². The molecule has 1 atom stereocenters. The minimum atomic E-state index is 0.445. The average Bonchev–Trinajstić information content (AvgIpc) is 3.02. The summed E-state index contributed by atoms with van der Waals surface area (Å²) in [6.07, 6.45) is 2.08. The van der Waals surface area contributed by atoms with Crippen molar-refractivity contribution in [1.29, 1.82) is 0 Å². The van der Waals surface area contributed by atoms with Crippen molar-refractivity contribution in [2.45, 2.75) is 38.9 Å².